The van der Waals surface area contributed by atoms with Crippen LogP contribution in [0, 0.1) is 5.82 Å². The number of ether oxygens (including phenoxy) is 1. The molecule has 3 aromatic rings. The summed E-state index contributed by atoms with van der Waals surface area (Å²) in [5.41, 5.74) is 11.4. The second-order valence-electron chi connectivity index (χ2n) is 8.64. The summed E-state index contributed by atoms with van der Waals surface area (Å²) >= 11 is 6.01. The van der Waals surface area contributed by atoms with Gasteiger partial charge in [-0.3, -0.25) is 9.59 Å². The molecule has 1 amide bonds. The summed E-state index contributed by atoms with van der Waals surface area (Å²) in [7, 11) is 0. The second kappa shape index (κ2) is 12.9. The molecule has 2 atom stereocenters. The Balaban J connectivity index is 1.84. The molecule has 1 N–H and O–H groups in total. The number of carbonyl (C=O) groups is 2. The highest BCUT2D eigenvalue weighted by atomic mass is 35.5. The minimum Gasteiger partial charge on any atom is -0.466 e. The van der Waals surface area contributed by atoms with Crippen molar-refractivity contribution < 1.29 is 23.1 Å². The van der Waals surface area contributed by atoms with Gasteiger partial charge in [-0.2, -0.15) is 0 Å². The monoisotopic (exact) mass is 527 g/mol. The normalized spacial score (nSPS) is 12.5. The van der Waals surface area contributed by atoms with Crippen molar-refractivity contribution in [2.75, 3.05) is 6.61 Å². The zero-order valence-electron chi connectivity index (χ0n) is 20.6. The van der Waals surface area contributed by atoms with Gasteiger partial charge in [0.25, 0.3) is 5.89 Å². The lowest BCUT2D eigenvalue weighted by atomic mass is 9.97. The van der Waals surface area contributed by atoms with E-state index in [9.17, 15) is 14.0 Å². The Bertz CT molecular complexity index is 1290. The number of esters is 1. The molecule has 1 aromatic heterocycles. The van der Waals surface area contributed by atoms with Crippen LogP contribution in [-0.4, -0.2) is 35.6 Å². The standard InChI is InChI=1S/C26H27ClFN5O4/c1-4-36-26(35)22(32-33-29)13-19(30-24(34)25-31-23(14-37-25)15(2)3)11-16-5-7-17(8-6-16)20-12-18(27)9-10-21(20)28/h5-10,12,14-15,19,22H,4,11,13H2,1-3H3,(H,30,34)/t19-,22-/m1/s1. The average Bonchev–Trinajstić information content (AvgIpc) is 3.37. The van der Waals surface area contributed by atoms with Crippen molar-refractivity contribution in [3.63, 3.8) is 0 Å². The lowest BCUT2D eigenvalue weighted by molar-refractivity contribution is -0.144. The van der Waals surface area contributed by atoms with E-state index >= 15 is 0 Å². The lowest BCUT2D eigenvalue weighted by Gasteiger charge is -2.21. The molecule has 0 bridgehead atoms. The lowest BCUT2D eigenvalue weighted by Crippen LogP contribution is -2.40. The Morgan fingerprint density at radius 1 is 1.24 bits per heavy atom. The number of amides is 1. The van der Waals surface area contributed by atoms with E-state index in [1.54, 1.807) is 37.3 Å². The molecule has 9 nitrogen and oxygen atoms in total. The second-order valence-corrected chi connectivity index (χ2v) is 9.07. The van der Waals surface area contributed by atoms with Crippen LogP contribution in [0.2, 0.25) is 5.02 Å². The van der Waals surface area contributed by atoms with Gasteiger partial charge in [-0.05, 0) is 60.5 Å². The summed E-state index contributed by atoms with van der Waals surface area (Å²) in [4.78, 5) is 32.2. The van der Waals surface area contributed by atoms with Crippen LogP contribution in [-0.2, 0) is 16.0 Å². The van der Waals surface area contributed by atoms with Gasteiger partial charge < -0.3 is 14.5 Å². The highest BCUT2D eigenvalue weighted by molar-refractivity contribution is 6.30. The van der Waals surface area contributed by atoms with Crippen molar-refractivity contribution in [3.8, 4) is 11.1 Å². The van der Waals surface area contributed by atoms with Crippen molar-refractivity contribution in [3.05, 3.63) is 87.2 Å². The quantitative estimate of drug-likeness (QED) is 0.137. The van der Waals surface area contributed by atoms with Gasteiger partial charge in [-0.1, -0.05) is 54.8 Å². The first-order chi connectivity index (χ1) is 17.7. The highest BCUT2D eigenvalue weighted by Gasteiger charge is 2.26. The van der Waals surface area contributed by atoms with E-state index in [-0.39, 0.29) is 31.3 Å². The van der Waals surface area contributed by atoms with E-state index in [4.69, 9.17) is 26.3 Å². The molecule has 0 saturated carbocycles. The zero-order valence-corrected chi connectivity index (χ0v) is 21.4. The maximum Gasteiger partial charge on any atom is 0.314 e. The molecule has 0 radical (unpaired) electrons. The van der Waals surface area contributed by atoms with Gasteiger partial charge in [-0.15, -0.1) is 0 Å². The van der Waals surface area contributed by atoms with E-state index in [2.05, 4.69) is 20.3 Å². The highest BCUT2D eigenvalue weighted by Crippen LogP contribution is 2.27. The van der Waals surface area contributed by atoms with Crippen LogP contribution in [0.15, 0.2) is 58.3 Å². The predicted molar refractivity (Wildman–Crippen MR) is 137 cm³/mol. The Hall–Kier alpha value is -3.88. The third kappa shape index (κ3) is 7.55. The van der Waals surface area contributed by atoms with Gasteiger partial charge in [0.2, 0.25) is 0 Å². The molecular weight excluding hydrogens is 501 g/mol. The Labute approximate surface area is 218 Å². The summed E-state index contributed by atoms with van der Waals surface area (Å²) in [6, 6.07) is 9.57. The number of hydrogen-bond donors (Lipinski definition) is 1. The Kier molecular flexibility index (Phi) is 9.65. The Morgan fingerprint density at radius 2 is 1.97 bits per heavy atom. The average molecular weight is 528 g/mol. The number of rotatable bonds is 11. The fourth-order valence-electron chi connectivity index (χ4n) is 3.68. The molecule has 0 saturated heterocycles. The first-order valence-electron chi connectivity index (χ1n) is 11.7. The number of aromatic nitrogens is 1. The van der Waals surface area contributed by atoms with E-state index < -0.39 is 29.8 Å². The largest absolute Gasteiger partial charge is 0.466 e. The third-order valence-corrected chi connectivity index (χ3v) is 5.81. The first kappa shape index (κ1) is 27.7. The van der Waals surface area contributed by atoms with Crippen LogP contribution < -0.4 is 5.32 Å². The van der Waals surface area contributed by atoms with Crippen molar-refractivity contribution in [1.29, 1.82) is 0 Å². The summed E-state index contributed by atoms with van der Waals surface area (Å²) in [5.74, 6) is -1.71. The van der Waals surface area contributed by atoms with E-state index in [1.165, 1.54) is 18.4 Å². The van der Waals surface area contributed by atoms with Crippen molar-refractivity contribution in [1.82, 2.24) is 10.3 Å². The summed E-state index contributed by atoms with van der Waals surface area (Å²) in [5, 5.41) is 6.80. The summed E-state index contributed by atoms with van der Waals surface area (Å²) < 4.78 is 24.6. The SMILES string of the molecule is CCOC(=O)[C@@H](C[C@@H](Cc1ccc(-c2cc(Cl)ccc2F)cc1)NC(=O)c1nc(C(C)C)co1)N=[N+]=[N-]. The molecule has 0 aliphatic heterocycles. The number of azide groups is 1. The molecule has 37 heavy (non-hydrogen) atoms. The van der Waals surface area contributed by atoms with Crippen LogP contribution in [0.3, 0.4) is 0 Å². The van der Waals surface area contributed by atoms with Crippen molar-refractivity contribution in [2.24, 2.45) is 5.11 Å². The molecule has 194 valence electrons. The van der Waals surface area contributed by atoms with E-state index in [0.717, 1.165) is 5.56 Å². The maximum absolute atomic E-state index is 14.3. The fourth-order valence-corrected chi connectivity index (χ4v) is 3.85. The van der Waals surface area contributed by atoms with Gasteiger partial charge >= 0.3 is 11.9 Å². The summed E-state index contributed by atoms with van der Waals surface area (Å²) in [6.07, 6.45) is 1.68. The predicted octanol–water partition coefficient (Wildman–Crippen LogP) is 6.23. The number of hydrogen-bond acceptors (Lipinski definition) is 6. The van der Waals surface area contributed by atoms with Crippen LogP contribution in [0.4, 0.5) is 4.39 Å². The molecule has 1 heterocycles. The maximum atomic E-state index is 14.3. The number of halogens is 2. The van der Waals surface area contributed by atoms with E-state index in [0.29, 0.717) is 21.8 Å². The van der Waals surface area contributed by atoms with Gasteiger partial charge in [0.05, 0.1) is 12.3 Å². The van der Waals surface area contributed by atoms with Gasteiger partial charge in [0.1, 0.15) is 18.1 Å². The minimum atomic E-state index is -1.15. The summed E-state index contributed by atoms with van der Waals surface area (Å²) in [6.45, 7) is 5.60. The van der Waals surface area contributed by atoms with Crippen molar-refractivity contribution in [2.45, 2.75) is 51.6 Å². The number of oxazole rings is 1. The van der Waals surface area contributed by atoms with Crippen LogP contribution in [0.25, 0.3) is 21.6 Å². The van der Waals surface area contributed by atoms with Crippen molar-refractivity contribution >= 4 is 23.5 Å². The number of carbonyl (C=O) groups excluding carboxylic acids is 2. The molecule has 0 aliphatic carbocycles. The molecule has 3 rings (SSSR count). The van der Waals surface area contributed by atoms with Crippen LogP contribution in [0.1, 0.15) is 55.1 Å². The third-order valence-electron chi connectivity index (χ3n) is 5.58. The molecule has 0 fully saturated rings. The zero-order chi connectivity index (χ0) is 26.9. The van der Waals surface area contributed by atoms with Gasteiger partial charge in [0, 0.05) is 21.5 Å². The fraction of sp³-hybridized carbons (Fsp3) is 0.346. The number of benzene rings is 2. The molecule has 0 aliphatic rings. The minimum absolute atomic E-state index is 0.0168. The molecule has 2 aromatic carbocycles. The molecular formula is C26H27ClFN5O4. The van der Waals surface area contributed by atoms with E-state index in [1.807, 2.05) is 13.8 Å². The first-order valence-corrected chi connectivity index (χ1v) is 12.1. The topological polar surface area (TPSA) is 130 Å². The number of nitrogens with zero attached hydrogens (tertiary/aromatic N) is 4. The molecule has 0 unspecified atom stereocenters. The smallest absolute Gasteiger partial charge is 0.314 e. The van der Waals surface area contributed by atoms with Crippen LogP contribution >= 0.6 is 11.6 Å². The molecule has 11 heteroatoms. The van der Waals surface area contributed by atoms with Crippen LogP contribution in [0.5, 0.6) is 0 Å². The molecule has 0 spiro atoms. The van der Waals surface area contributed by atoms with Gasteiger partial charge in [-0.25, -0.2) is 9.37 Å². The number of nitrogens with one attached hydrogen (secondary N) is 1. The Morgan fingerprint density at radius 3 is 2.59 bits per heavy atom. The van der Waals surface area contributed by atoms with Gasteiger partial charge in [0.15, 0.2) is 0 Å².